The lowest BCUT2D eigenvalue weighted by Crippen LogP contribution is -2.37. The van der Waals surface area contributed by atoms with Gasteiger partial charge in [0.25, 0.3) is 5.91 Å². The van der Waals surface area contributed by atoms with Crippen LogP contribution in [0.15, 0.2) is 23.7 Å². The summed E-state index contributed by atoms with van der Waals surface area (Å²) in [5, 5.41) is 5.28. The summed E-state index contributed by atoms with van der Waals surface area (Å²) < 4.78 is 0. The average molecular weight is 385 g/mol. The highest BCUT2D eigenvalue weighted by Crippen LogP contribution is 2.29. The lowest BCUT2D eigenvalue weighted by atomic mass is 10.0. The van der Waals surface area contributed by atoms with Gasteiger partial charge in [-0.15, -0.1) is 11.3 Å². The Labute approximate surface area is 165 Å². The minimum Gasteiger partial charge on any atom is -0.348 e. The van der Waals surface area contributed by atoms with E-state index in [-0.39, 0.29) is 11.9 Å². The number of pyridine rings is 1. The summed E-state index contributed by atoms with van der Waals surface area (Å²) in [4.78, 5) is 23.4. The molecule has 144 valence electrons. The van der Waals surface area contributed by atoms with Gasteiger partial charge in [-0.2, -0.15) is 0 Å². The van der Waals surface area contributed by atoms with Gasteiger partial charge in [0, 0.05) is 48.7 Å². The lowest BCUT2D eigenvalue weighted by Gasteiger charge is -2.27. The minimum atomic E-state index is 0.109. The SMILES string of the molecule is CCc1ccc(CN2CCc3c(C(=O)N[C@@H]4CCN(C)C4)csc3C2)nc1. The Bertz CT molecular complexity index is 801. The fraction of sp³-hybridized carbons (Fsp3) is 0.524. The number of likely N-dealkylation sites (N-methyl/N-ethyl adjacent to an activating group) is 1. The Hall–Kier alpha value is -1.76. The first-order valence-electron chi connectivity index (χ1n) is 9.87. The number of likely N-dealkylation sites (tertiary alicyclic amines) is 1. The van der Waals surface area contributed by atoms with E-state index in [0.717, 1.165) is 63.2 Å². The third kappa shape index (κ3) is 4.23. The number of fused-ring (bicyclic) bond motifs is 1. The first kappa shape index (κ1) is 18.6. The molecule has 0 bridgehead atoms. The van der Waals surface area contributed by atoms with E-state index in [2.05, 4.69) is 51.6 Å². The van der Waals surface area contributed by atoms with E-state index in [4.69, 9.17) is 0 Å². The second-order valence-electron chi connectivity index (χ2n) is 7.74. The molecule has 0 saturated carbocycles. The molecule has 5 nitrogen and oxygen atoms in total. The molecule has 0 aliphatic carbocycles. The molecule has 4 heterocycles. The van der Waals surface area contributed by atoms with E-state index in [9.17, 15) is 4.79 Å². The van der Waals surface area contributed by atoms with Crippen molar-refractivity contribution in [3.63, 3.8) is 0 Å². The van der Waals surface area contributed by atoms with Crippen molar-refractivity contribution in [1.82, 2.24) is 20.1 Å². The van der Waals surface area contributed by atoms with Gasteiger partial charge in [0.05, 0.1) is 11.3 Å². The van der Waals surface area contributed by atoms with Gasteiger partial charge >= 0.3 is 0 Å². The minimum absolute atomic E-state index is 0.109. The van der Waals surface area contributed by atoms with Gasteiger partial charge in [-0.05, 0) is 50.0 Å². The van der Waals surface area contributed by atoms with Gasteiger partial charge < -0.3 is 10.2 Å². The topological polar surface area (TPSA) is 48.5 Å². The predicted molar refractivity (Wildman–Crippen MR) is 109 cm³/mol. The van der Waals surface area contributed by atoms with Crippen LogP contribution in [-0.4, -0.2) is 53.4 Å². The number of aryl methyl sites for hydroxylation is 1. The molecule has 6 heteroatoms. The number of amides is 1. The zero-order valence-electron chi connectivity index (χ0n) is 16.2. The van der Waals surface area contributed by atoms with Crippen molar-refractivity contribution < 1.29 is 4.79 Å². The van der Waals surface area contributed by atoms with Gasteiger partial charge in [-0.3, -0.25) is 14.7 Å². The number of carbonyl (C=O) groups is 1. The maximum atomic E-state index is 12.7. The third-order valence-electron chi connectivity index (χ3n) is 5.68. The van der Waals surface area contributed by atoms with Crippen molar-refractivity contribution in [2.45, 2.75) is 45.3 Å². The fourth-order valence-corrected chi connectivity index (χ4v) is 5.13. The van der Waals surface area contributed by atoms with Crippen molar-refractivity contribution in [3.8, 4) is 0 Å². The molecule has 4 rings (SSSR count). The van der Waals surface area contributed by atoms with E-state index < -0.39 is 0 Å². The number of hydrogen-bond donors (Lipinski definition) is 1. The molecular weight excluding hydrogens is 356 g/mol. The van der Waals surface area contributed by atoms with Crippen LogP contribution in [0.5, 0.6) is 0 Å². The molecule has 2 aromatic rings. The third-order valence-corrected chi connectivity index (χ3v) is 6.69. The first-order chi connectivity index (χ1) is 13.1. The van der Waals surface area contributed by atoms with Crippen molar-refractivity contribution in [3.05, 3.63) is 51.0 Å². The molecule has 0 spiro atoms. The second kappa shape index (κ2) is 8.09. The van der Waals surface area contributed by atoms with Crippen molar-refractivity contribution in [2.75, 3.05) is 26.7 Å². The smallest absolute Gasteiger partial charge is 0.252 e. The molecule has 0 radical (unpaired) electrons. The highest BCUT2D eigenvalue weighted by Gasteiger charge is 2.27. The summed E-state index contributed by atoms with van der Waals surface area (Å²) in [6, 6.07) is 4.60. The Morgan fingerprint density at radius 3 is 2.96 bits per heavy atom. The molecule has 1 atom stereocenters. The number of rotatable bonds is 5. The van der Waals surface area contributed by atoms with E-state index in [1.165, 1.54) is 16.0 Å². The molecule has 1 N–H and O–H groups in total. The number of nitrogens with zero attached hydrogens (tertiary/aromatic N) is 3. The Kier molecular flexibility index (Phi) is 5.57. The molecule has 2 aliphatic heterocycles. The van der Waals surface area contributed by atoms with Crippen LogP contribution < -0.4 is 5.32 Å². The zero-order valence-corrected chi connectivity index (χ0v) is 17.0. The summed E-state index contributed by atoms with van der Waals surface area (Å²) in [5.41, 5.74) is 4.56. The van der Waals surface area contributed by atoms with Crippen LogP contribution in [0, 0.1) is 0 Å². The molecule has 1 saturated heterocycles. The van der Waals surface area contributed by atoms with Crippen LogP contribution in [0.25, 0.3) is 0 Å². The van der Waals surface area contributed by atoms with Crippen LogP contribution in [0.1, 0.15) is 45.4 Å². The van der Waals surface area contributed by atoms with Crippen LogP contribution in [-0.2, 0) is 25.9 Å². The summed E-state index contributed by atoms with van der Waals surface area (Å²) in [5.74, 6) is 0.109. The monoisotopic (exact) mass is 384 g/mol. The van der Waals surface area contributed by atoms with Crippen molar-refractivity contribution in [1.29, 1.82) is 0 Å². The van der Waals surface area contributed by atoms with Gasteiger partial charge in [-0.25, -0.2) is 0 Å². The Morgan fingerprint density at radius 1 is 1.37 bits per heavy atom. The molecule has 2 aromatic heterocycles. The van der Waals surface area contributed by atoms with Crippen LogP contribution in [0.3, 0.4) is 0 Å². The van der Waals surface area contributed by atoms with Crippen molar-refractivity contribution in [2.24, 2.45) is 0 Å². The Morgan fingerprint density at radius 2 is 2.26 bits per heavy atom. The van der Waals surface area contributed by atoms with Crippen LogP contribution in [0.2, 0.25) is 0 Å². The molecule has 1 fully saturated rings. The molecule has 2 aliphatic rings. The second-order valence-corrected chi connectivity index (χ2v) is 8.71. The van der Waals surface area contributed by atoms with E-state index in [0.29, 0.717) is 0 Å². The van der Waals surface area contributed by atoms with Crippen LogP contribution in [0.4, 0.5) is 0 Å². The maximum absolute atomic E-state index is 12.7. The number of thiophene rings is 1. The number of nitrogens with one attached hydrogen (secondary N) is 1. The maximum Gasteiger partial charge on any atom is 0.252 e. The average Bonchev–Trinajstić information content (AvgIpc) is 3.28. The highest BCUT2D eigenvalue weighted by atomic mass is 32.1. The van der Waals surface area contributed by atoms with E-state index in [1.807, 2.05) is 6.20 Å². The Balaban J connectivity index is 1.38. The predicted octanol–water partition coefficient (Wildman–Crippen LogP) is 2.70. The largest absolute Gasteiger partial charge is 0.348 e. The summed E-state index contributed by atoms with van der Waals surface area (Å²) >= 11 is 1.73. The van der Waals surface area contributed by atoms with Gasteiger partial charge in [-0.1, -0.05) is 13.0 Å². The lowest BCUT2D eigenvalue weighted by molar-refractivity contribution is 0.0937. The number of aromatic nitrogens is 1. The fourth-order valence-electron chi connectivity index (χ4n) is 4.01. The summed E-state index contributed by atoms with van der Waals surface area (Å²) in [6.07, 6.45) is 5.00. The van der Waals surface area contributed by atoms with E-state index >= 15 is 0 Å². The molecule has 0 unspecified atom stereocenters. The first-order valence-corrected chi connectivity index (χ1v) is 10.7. The number of hydrogen-bond acceptors (Lipinski definition) is 5. The number of carbonyl (C=O) groups excluding carboxylic acids is 1. The molecule has 1 amide bonds. The van der Waals surface area contributed by atoms with Gasteiger partial charge in [0.1, 0.15) is 0 Å². The molecular formula is C21H28N4OS. The van der Waals surface area contributed by atoms with Gasteiger partial charge in [0.15, 0.2) is 0 Å². The normalized spacial score (nSPS) is 20.6. The zero-order chi connectivity index (χ0) is 18.8. The van der Waals surface area contributed by atoms with Crippen LogP contribution >= 0.6 is 11.3 Å². The summed E-state index contributed by atoms with van der Waals surface area (Å²) in [6.45, 7) is 6.93. The molecule has 0 aromatic carbocycles. The highest BCUT2D eigenvalue weighted by molar-refractivity contribution is 7.10. The molecule has 27 heavy (non-hydrogen) atoms. The summed E-state index contributed by atoms with van der Waals surface area (Å²) in [7, 11) is 2.11. The van der Waals surface area contributed by atoms with Gasteiger partial charge in [0.2, 0.25) is 0 Å². The van der Waals surface area contributed by atoms with E-state index in [1.54, 1.807) is 11.3 Å². The standard InChI is InChI=1S/C21H28N4OS/c1-3-15-4-5-16(22-10-15)12-25-9-7-18-19(14-27-20(18)13-25)21(26)23-17-6-8-24(2)11-17/h4-5,10,14,17H,3,6-9,11-13H2,1-2H3,(H,23,26)/t17-/m1/s1. The van der Waals surface area contributed by atoms with Crippen molar-refractivity contribution >= 4 is 17.2 Å². The quantitative estimate of drug-likeness (QED) is 0.861.